The summed E-state index contributed by atoms with van der Waals surface area (Å²) in [6.45, 7) is 9.97. The molecule has 90 valence electrons. The van der Waals surface area contributed by atoms with Gasteiger partial charge in [0.1, 0.15) is 0 Å². The van der Waals surface area contributed by atoms with E-state index in [9.17, 15) is 4.79 Å². The first-order valence-corrected chi connectivity index (χ1v) is 5.92. The average Bonchev–Trinajstić information content (AvgIpc) is 2.33. The molecule has 0 aromatic heterocycles. The van der Waals surface area contributed by atoms with E-state index < -0.39 is 0 Å². The molecule has 1 N–H and O–H groups in total. The van der Waals surface area contributed by atoms with Gasteiger partial charge in [0, 0.05) is 24.7 Å². The molecule has 0 amide bonds. The molecule has 0 spiro atoms. The molecule has 0 unspecified atom stereocenters. The number of carbonyl (C=O) groups is 1. The molecule has 2 nitrogen and oxygen atoms in total. The fourth-order valence-corrected chi connectivity index (χ4v) is 1.44. The van der Waals surface area contributed by atoms with Crippen molar-refractivity contribution in [1.29, 1.82) is 0 Å². The Morgan fingerprint density at radius 2 is 1.69 bits per heavy atom. The summed E-state index contributed by atoms with van der Waals surface area (Å²) >= 11 is 0. The number of ketones is 1. The third-order valence-electron chi connectivity index (χ3n) is 2.52. The van der Waals surface area contributed by atoms with Crippen LogP contribution in [0, 0.1) is 13.8 Å². The van der Waals surface area contributed by atoms with Gasteiger partial charge in [0.15, 0.2) is 5.78 Å². The Bertz CT molecular complexity index is 356. The largest absolute Gasteiger partial charge is 0.388 e. The van der Waals surface area contributed by atoms with Crippen molar-refractivity contribution in [2.45, 2.75) is 41.0 Å². The number of hydrogen-bond donors (Lipinski definition) is 1. The highest BCUT2D eigenvalue weighted by atomic mass is 16.1. The highest BCUT2D eigenvalue weighted by molar-refractivity contribution is 6.01. The van der Waals surface area contributed by atoms with Crippen molar-refractivity contribution in [1.82, 2.24) is 0 Å². The van der Waals surface area contributed by atoms with E-state index in [0.717, 1.165) is 11.3 Å². The fraction of sp³-hybridized carbons (Fsp3) is 0.500. The van der Waals surface area contributed by atoms with Crippen LogP contribution in [0.3, 0.4) is 0 Å². The molecule has 0 bridgehead atoms. The van der Waals surface area contributed by atoms with E-state index in [2.05, 4.69) is 12.2 Å². The van der Waals surface area contributed by atoms with Gasteiger partial charge in [-0.2, -0.15) is 0 Å². The fourth-order valence-electron chi connectivity index (χ4n) is 1.44. The van der Waals surface area contributed by atoms with Crippen molar-refractivity contribution in [3.05, 3.63) is 28.8 Å². The molecular formula is C14H23NO. The van der Waals surface area contributed by atoms with Crippen LogP contribution in [0.1, 0.15) is 48.7 Å². The van der Waals surface area contributed by atoms with Gasteiger partial charge in [0.2, 0.25) is 0 Å². The minimum Gasteiger partial charge on any atom is -0.388 e. The molecule has 0 heterocycles. The molecule has 1 aromatic rings. The predicted octanol–water partition coefficient (Wildman–Crippen LogP) is 3.96. The van der Waals surface area contributed by atoms with Crippen LogP contribution in [0.4, 0.5) is 5.69 Å². The monoisotopic (exact) mass is 221 g/mol. The Balaban J connectivity index is 0.00000106. The number of hydrogen-bond acceptors (Lipinski definition) is 2. The standard InChI is InChI=1S/C12H17NO.C2H6/c1-5-12(14)10-6-8(2)9(3)7-11(10)13-4;1-2/h6-7,13H,5H2,1-4H3;1-2H3. The smallest absolute Gasteiger partial charge is 0.164 e. The summed E-state index contributed by atoms with van der Waals surface area (Å²) in [5.41, 5.74) is 4.11. The van der Waals surface area contributed by atoms with E-state index in [-0.39, 0.29) is 5.78 Å². The van der Waals surface area contributed by atoms with E-state index in [1.54, 1.807) is 0 Å². The van der Waals surface area contributed by atoms with E-state index in [1.165, 1.54) is 11.1 Å². The van der Waals surface area contributed by atoms with Gasteiger partial charge in [-0.15, -0.1) is 0 Å². The quantitative estimate of drug-likeness (QED) is 0.783. The molecule has 2 heteroatoms. The Hall–Kier alpha value is -1.31. The van der Waals surface area contributed by atoms with E-state index in [0.29, 0.717) is 6.42 Å². The molecule has 0 fully saturated rings. The number of Topliss-reactive ketones (excluding diaryl/α,β-unsaturated/α-hetero) is 1. The third kappa shape index (κ3) is 3.37. The average molecular weight is 221 g/mol. The van der Waals surface area contributed by atoms with Crippen LogP contribution >= 0.6 is 0 Å². The number of nitrogens with one attached hydrogen (secondary N) is 1. The van der Waals surface area contributed by atoms with Gasteiger partial charge in [-0.1, -0.05) is 20.8 Å². The van der Waals surface area contributed by atoms with Gasteiger partial charge < -0.3 is 5.32 Å². The van der Waals surface area contributed by atoms with E-state index in [4.69, 9.17) is 0 Å². The summed E-state index contributed by atoms with van der Waals surface area (Å²) < 4.78 is 0. The molecule has 0 saturated heterocycles. The Kier molecular flexibility index (Phi) is 6.47. The molecule has 0 aliphatic heterocycles. The van der Waals surface area contributed by atoms with Crippen LogP contribution in [0.15, 0.2) is 12.1 Å². The van der Waals surface area contributed by atoms with Crippen LogP contribution in [0.5, 0.6) is 0 Å². The number of anilines is 1. The Morgan fingerprint density at radius 1 is 1.19 bits per heavy atom. The lowest BCUT2D eigenvalue weighted by Gasteiger charge is -2.10. The molecule has 1 aromatic carbocycles. The van der Waals surface area contributed by atoms with Crippen LogP contribution in [-0.2, 0) is 0 Å². The molecule has 0 radical (unpaired) electrons. The number of benzene rings is 1. The maximum absolute atomic E-state index is 11.6. The lowest BCUT2D eigenvalue weighted by molar-refractivity contribution is 0.0989. The maximum Gasteiger partial charge on any atom is 0.164 e. The molecule has 1 rings (SSSR count). The third-order valence-corrected chi connectivity index (χ3v) is 2.52. The maximum atomic E-state index is 11.6. The summed E-state index contributed by atoms with van der Waals surface area (Å²) in [6.07, 6.45) is 0.553. The van der Waals surface area contributed by atoms with Crippen molar-refractivity contribution in [3.63, 3.8) is 0 Å². The zero-order chi connectivity index (χ0) is 12.7. The first kappa shape index (κ1) is 14.7. The van der Waals surface area contributed by atoms with Crippen LogP contribution < -0.4 is 5.32 Å². The van der Waals surface area contributed by atoms with Crippen molar-refractivity contribution in [2.24, 2.45) is 0 Å². The minimum absolute atomic E-state index is 0.192. The van der Waals surface area contributed by atoms with Gasteiger partial charge in [0.05, 0.1) is 0 Å². The molecule has 0 saturated carbocycles. The van der Waals surface area contributed by atoms with Crippen LogP contribution in [0.25, 0.3) is 0 Å². The van der Waals surface area contributed by atoms with Gasteiger partial charge in [-0.05, 0) is 37.1 Å². The first-order valence-electron chi connectivity index (χ1n) is 5.92. The van der Waals surface area contributed by atoms with Gasteiger partial charge >= 0.3 is 0 Å². The summed E-state index contributed by atoms with van der Waals surface area (Å²) in [7, 11) is 1.84. The van der Waals surface area contributed by atoms with Gasteiger partial charge in [0.25, 0.3) is 0 Å². The summed E-state index contributed by atoms with van der Waals surface area (Å²) in [5, 5.41) is 3.06. The predicted molar refractivity (Wildman–Crippen MR) is 71.4 cm³/mol. The number of carbonyl (C=O) groups excluding carboxylic acids is 1. The SMILES string of the molecule is CC.CCC(=O)c1cc(C)c(C)cc1NC. The molecule has 0 atom stereocenters. The second-order valence-electron chi connectivity index (χ2n) is 3.51. The second kappa shape index (κ2) is 7.04. The van der Waals surface area contributed by atoms with Crippen molar-refractivity contribution in [2.75, 3.05) is 12.4 Å². The lowest BCUT2D eigenvalue weighted by atomic mass is 10.00. The van der Waals surface area contributed by atoms with E-state index >= 15 is 0 Å². The number of rotatable bonds is 3. The van der Waals surface area contributed by atoms with E-state index in [1.807, 2.05) is 46.9 Å². The van der Waals surface area contributed by atoms with Gasteiger partial charge in [-0.3, -0.25) is 4.79 Å². The molecule has 0 aliphatic carbocycles. The van der Waals surface area contributed by atoms with Crippen molar-refractivity contribution >= 4 is 11.5 Å². The Morgan fingerprint density at radius 3 is 2.12 bits per heavy atom. The lowest BCUT2D eigenvalue weighted by Crippen LogP contribution is -2.04. The van der Waals surface area contributed by atoms with Crippen LogP contribution in [0.2, 0.25) is 0 Å². The second-order valence-corrected chi connectivity index (χ2v) is 3.51. The summed E-state index contributed by atoms with van der Waals surface area (Å²) in [6, 6.07) is 3.99. The Labute approximate surface area is 99.1 Å². The molecule has 16 heavy (non-hydrogen) atoms. The van der Waals surface area contributed by atoms with Crippen LogP contribution in [-0.4, -0.2) is 12.8 Å². The van der Waals surface area contributed by atoms with Crippen molar-refractivity contribution < 1.29 is 4.79 Å². The highest BCUT2D eigenvalue weighted by Crippen LogP contribution is 2.21. The zero-order valence-electron chi connectivity index (χ0n) is 11.3. The minimum atomic E-state index is 0.192. The molecular weight excluding hydrogens is 198 g/mol. The van der Waals surface area contributed by atoms with Gasteiger partial charge in [-0.25, -0.2) is 0 Å². The highest BCUT2D eigenvalue weighted by Gasteiger charge is 2.10. The topological polar surface area (TPSA) is 29.1 Å². The summed E-state index contributed by atoms with van der Waals surface area (Å²) in [5.74, 6) is 0.192. The zero-order valence-corrected chi connectivity index (χ0v) is 11.3. The molecule has 0 aliphatic rings. The summed E-state index contributed by atoms with van der Waals surface area (Å²) in [4.78, 5) is 11.6. The number of aryl methyl sites for hydroxylation is 2. The normalized spacial score (nSPS) is 9.12. The first-order chi connectivity index (χ1) is 7.60. The van der Waals surface area contributed by atoms with Crippen molar-refractivity contribution in [3.8, 4) is 0 Å².